The standard InChI is InChI=1S/C31H35NO8/c1-7-39-30(34)25-17(3)32-21-16-20(19-11-9-10-12-22(19)36-4)27(31(35)40-8-2)29(33)28(21)26(25)18-13-14-23(37-5)24(15-18)38-6/h9-15,20,26-27,32H,7-8,16H2,1-6H3/t20-,26-,27+/m0/s1. The summed E-state index contributed by atoms with van der Waals surface area (Å²) in [6, 6.07) is 12.6. The predicted molar refractivity (Wildman–Crippen MR) is 147 cm³/mol. The molecule has 0 bridgehead atoms. The van der Waals surface area contributed by atoms with Crippen molar-refractivity contribution in [3.05, 3.63) is 76.1 Å². The number of ketones is 1. The van der Waals surface area contributed by atoms with Crippen LogP contribution in [0.15, 0.2) is 65.0 Å². The SMILES string of the molecule is CCOC(=O)C1=C(C)NC2=C(C(=O)[C@H](C(=O)OCC)[C@H](c3ccccc3OC)C2)[C@H]1c1ccc(OC)c(OC)c1. The van der Waals surface area contributed by atoms with Gasteiger partial charge in [-0.15, -0.1) is 0 Å². The number of hydrogen-bond donors (Lipinski definition) is 1. The van der Waals surface area contributed by atoms with Crippen LogP contribution < -0.4 is 19.5 Å². The van der Waals surface area contributed by atoms with Crippen LogP contribution in [0.5, 0.6) is 17.2 Å². The quantitative estimate of drug-likeness (QED) is 0.359. The summed E-state index contributed by atoms with van der Waals surface area (Å²) in [6.07, 6.45) is 0.322. The van der Waals surface area contributed by atoms with E-state index in [4.69, 9.17) is 23.7 Å². The Morgan fingerprint density at radius 2 is 1.57 bits per heavy atom. The smallest absolute Gasteiger partial charge is 0.336 e. The number of rotatable bonds is 9. The normalized spacial score (nSPS) is 20.4. The molecular weight excluding hydrogens is 514 g/mol. The first-order chi connectivity index (χ1) is 19.3. The monoisotopic (exact) mass is 549 g/mol. The Labute approximate surface area is 234 Å². The summed E-state index contributed by atoms with van der Waals surface area (Å²) in [7, 11) is 4.60. The molecule has 0 radical (unpaired) electrons. The van der Waals surface area contributed by atoms with Crippen LogP contribution >= 0.6 is 0 Å². The van der Waals surface area contributed by atoms with Gasteiger partial charge < -0.3 is 29.0 Å². The lowest BCUT2D eigenvalue weighted by Crippen LogP contribution is -2.43. The van der Waals surface area contributed by atoms with Gasteiger partial charge >= 0.3 is 11.9 Å². The Balaban J connectivity index is 1.95. The highest BCUT2D eigenvalue weighted by Crippen LogP contribution is 2.50. The number of carbonyl (C=O) groups excluding carboxylic acids is 3. The number of benzene rings is 2. The highest BCUT2D eigenvalue weighted by atomic mass is 16.5. The minimum Gasteiger partial charge on any atom is -0.496 e. The summed E-state index contributed by atoms with van der Waals surface area (Å²) in [5.41, 5.74) is 3.17. The number of ether oxygens (including phenoxy) is 5. The topological polar surface area (TPSA) is 109 Å². The molecule has 1 aliphatic carbocycles. The third-order valence-electron chi connectivity index (χ3n) is 7.33. The van der Waals surface area contributed by atoms with E-state index in [1.165, 1.54) is 14.2 Å². The first-order valence-corrected chi connectivity index (χ1v) is 13.2. The molecule has 0 amide bonds. The minimum absolute atomic E-state index is 0.123. The molecule has 40 heavy (non-hydrogen) atoms. The number of esters is 2. The van der Waals surface area contributed by atoms with Crippen LogP contribution in [-0.2, 0) is 23.9 Å². The van der Waals surface area contributed by atoms with Crippen molar-refractivity contribution in [3.63, 3.8) is 0 Å². The summed E-state index contributed by atoms with van der Waals surface area (Å²) in [5, 5.41) is 3.31. The third kappa shape index (κ3) is 5.15. The van der Waals surface area contributed by atoms with Crippen LogP contribution in [0.1, 0.15) is 50.2 Å². The molecule has 0 aromatic heterocycles. The number of hydrogen-bond acceptors (Lipinski definition) is 9. The van der Waals surface area contributed by atoms with Crippen molar-refractivity contribution in [1.82, 2.24) is 5.32 Å². The van der Waals surface area contributed by atoms with Crippen molar-refractivity contribution >= 4 is 17.7 Å². The Hall–Kier alpha value is -4.27. The first kappa shape index (κ1) is 28.7. The molecular formula is C31H35NO8. The Bertz CT molecular complexity index is 1380. The molecule has 1 heterocycles. The predicted octanol–water partition coefficient (Wildman–Crippen LogP) is 4.43. The van der Waals surface area contributed by atoms with Crippen molar-refractivity contribution < 1.29 is 38.1 Å². The van der Waals surface area contributed by atoms with E-state index in [1.54, 1.807) is 52.1 Å². The molecule has 9 heteroatoms. The molecule has 2 aliphatic rings. The molecule has 4 rings (SSSR count). The highest BCUT2D eigenvalue weighted by molar-refractivity contribution is 6.13. The van der Waals surface area contributed by atoms with E-state index in [0.29, 0.717) is 51.8 Å². The van der Waals surface area contributed by atoms with Gasteiger partial charge in [-0.25, -0.2) is 4.79 Å². The molecule has 3 atom stereocenters. The second-order valence-corrected chi connectivity index (χ2v) is 9.47. The number of carbonyl (C=O) groups is 3. The van der Waals surface area contributed by atoms with Gasteiger partial charge in [0.05, 0.1) is 40.1 Å². The Kier molecular flexibility index (Phi) is 8.82. The van der Waals surface area contributed by atoms with Gasteiger partial charge in [-0.3, -0.25) is 9.59 Å². The Morgan fingerprint density at radius 1 is 0.900 bits per heavy atom. The number of Topliss-reactive ketones (excluding diaryl/α,β-unsaturated/α-hetero) is 1. The van der Waals surface area contributed by atoms with Gasteiger partial charge in [-0.1, -0.05) is 24.3 Å². The number of methoxy groups -OCH3 is 3. The second-order valence-electron chi connectivity index (χ2n) is 9.47. The number of dihydropyridines is 1. The molecule has 2 aromatic carbocycles. The lowest BCUT2D eigenvalue weighted by molar-refractivity contribution is -0.152. The summed E-state index contributed by atoms with van der Waals surface area (Å²) >= 11 is 0. The summed E-state index contributed by atoms with van der Waals surface area (Å²) < 4.78 is 27.4. The van der Waals surface area contributed by atoms with Crippen LogP contribution in [0.2, 0.25) is 0 Å². The molecule has 0 saturated heterocycles. The van der Waals surface area contributed by atoms with Gasteiger partial charge in [0.2, 0.25) is 0 Å². The van der Waals surface area contributed by atoms with Crippen molar-refractivity contribution in [2.24, 2.45) is 5.92 Å². The van der Waals surface area contributed by atoms with E-state index in [2.05, 4.69) is 5.32 Å². The average Bonchev–Trinajstić information content (AvgIpc) is 2.95. The lowest BCUT2D eigenvalue weighted by Gasteiger charge is -2.39. The largest absolute Gasteiger partial charge is 0.496 e. The van der Waals surface area contributed by atoms with E-state index < -0.39 is 35.5 Å². The van der Waals surface area contributed by atoms with Crippen LogP contribution in [0.4, 0.5) is 0 Å². The van der Waals surface area contributed by atoms with Gasteiger partial charge in [0, 0.05) is 28.8 Å². The summed E-state index contributed by atoms with van der Waals surface area (Å²) in [5.74, 6) is -2.56. The molecule has 1 N–H and O–H groups in total. The van der Waals surface area contributed by atoms with E-state index in [9.17, 15) is 14.4 Å². The molecule has 1 aliphatic heterocycles. The molecule has 0 spiro atoms. The van der Waals surface area contributed by atoms with E-state index in [0.717, 1.165) is 5.56 Å². The molecule has 0 unspecified atom stereocenters. The fraction of sp³-hybridized carbons (Fsp3) is 0.387. The van der Waals surface area contributed by atoms with Gasteiger partial charge in [0.25, 0.3) is 0 Å². The van der Waals surface area contributed by atoms with Crippen LogP contribution in [0.25, 0.3) is 0 Å². The second kappa shape index (κ2) is 12.3. The average molecular weight is 550 g/mol. The third-order valence-corrected chi connectivity index (χ3v) is 7.33. The number of allylic oxidation sites excluding steroid dienone is 3. The molecule has 2 aromatic rings. The maximum atomic E-state index is 14.5. The van der Waals surface area contributed by atoms with Gasteiger partial charge in [0.1, 0.15) is 11.7 Å². The molecule has 0 saturated carbocycles. The molecule has 212 valence electrons. The van der Waals surface area contributed by atoms with E-state index >= 15 is 0 Å². The van der Waals surface area contributed by atoms with Gasteiger partial charge in [-0.05, 0) is 56.5 Å². The van der Waals surface area contributed by atoms with Crippen molar-refractivity contribution in [3.8, 4) is 17.2 Å². The Morgan fingerprint density at radius 3 is 2.23 bits per heavy atom. The lowest BCUT2D eigenvalue weighted by atomic mass is 9.67. The maximum Gasteiger partial charge on any atom is 0.336 e. The zero-order valence-corrected chi connectivity index (χ0v) is 23.7. The fourth-order valence-electron chi connectivity index (χ4n) is 5.65. The van der Waals surface area contributed by atoms with Crippen LogP contribution in [-0.4, -0.2) is 52.3 Å². The maximum absolute atomic E-state index is 14.5. The minimum atomic E-state index is -1.14. The number of para-hydroxylation sites is 1. The van der Waals surface area contributed by atoms with Gasteiger partial charge in [0.15, 0.2) is 17.3 Å². The molecule has 9 nitrogen and oxygen atoms in total. The van der Waals surface area contributed by atoms with Crippen LogP contribution in [0, 0.1) is 5.92 Å². The molecule has 0 fully saturated rings. The van der Waals surface area contributed by atoms with Gasteiger partial charge in [-0.2, -0.15) is 0 Å². The van der Waals surface area contributed by atoms with Crippen molar-refractivity contribution in [1.29, 1.82) is 0 Å². The highest BCUT2D eigenvalue weighted by Gasteiger charge is 2.49. The zero-order valence-electron chi connectivity index (χ0n) is 23.7. The van der Waals surface area contributed by atoms with E-state index in [1.807, 2.05) is 18.2 Å². The fourth-order valence-corrected chi connectivity index (χ4v) is 5.65. The first-order valence-electron chi connectivity index (χ1n) is 13.2. The van der Waals surface area contributed by atoms with Crippen molar-refractivity contribution in [2.45, 2.75) is 39.0 Å². The van der Waals surface area contributed by atoms with E-state index in [-0.39, 0.29) is 13.2 Å². The zero-order chi connectivity index (χ0) is 29.0. The summed E-state index contributed by atoms with van der Waals surface area (Å²) in [4.78, 5) is 41.2. The van der Waals surface area contributed by atoms with Crippen molar-refractivity contribution in [2.75, 3.05) is 34.5 Å². The van der Waals surface area contributed by atoms with Crippen LogP contribution in [0.3, 0.4) is 0 Å². The summed E-state index contributed by atoms with van der Waals surface area (Å²) in [6.45, 7) is 5.49. The number of nitrogens with one attached hydrogen (secondary N) is 1.